The number of carbonyl (C=O) groups excluding carboxylic acids is 1. The van der Waals surface area contributed by atoms with E-state index >= 15 is 0 Å². The van der Waals surface area contributed by atoms with Crippen LogP contribution in [0.15, 0.2) is 35.7 Å². The van der Waals surface area contributed by atoms with Crippen molar-refractivity contribution in [3.8, 4) is 11.3 Å². The molecule has 1 saturated heterocycles. The summed E-state index contributed by atoms with van der Waals surface area (Å²) in [6, 6.07) is 9.68. The number of aromatic nitrogens is 1. The molecule has 1 aromatic heterocycles. The number of hydrogen-bond donors (Lipinski definition) is 1. The van der Waals surface area contributed by atoms with E-state index in [9.17, 15) is 13.2 Å². The highest BCUT2D eigenvalue weighted by Gasteiger charge is 2.33. The van der Waals surface area contributed by atoms with Gasteiger partial charge in [-0.1, -0.05) is 30.3 Å². The van der Waals surface area contributed by atoms with Crippen LogP contribution in [0.2, 0.25) is 0 Å². The molecule has 21 heavy (non-hydrogen) atoms. The molecular formula is C14H14N2O3S2. The number of amides is 1. The first-order valence-electron chi connectivity index (χ1n) is 6.56. The van der Waals surface area contributed by atoms with Crippen molar-refractivity contribution in [3.63, 3.8) is 0 Å². The lowest BCUT2D eigenvalue weighted by Gasteiger charge is -2.06. The standard InChI is InChI=1S/C14H14N2O3S2/c17-13(11-6-7-21(18,19)9-11)16-14-15-12(8-20-14)10-4-2-1-3-5-10/h1-5,8,11H,6-7,9H2,(H,15,16,17)/t11-/m0/s1. The Hall–Kier alpha value is -1.73. The third-order valence-corrected chi connectivity index (χ3v) is 5.93. The fourth-order valence-electron chi connectivity index (χ4n) is 2.28. The number of anilines is 1. The van der Waals surface area contributed by atoms with E-state index in [-0.39, 0.29) is 17.4 Å². The Balaban J connectivity index is 1.69. The number of rotatable bonds is 3. The Kier molecular flexibility index (Phi) is 3.77. The minimum atomic E-state index is -3.05. The van der Waals surface area contributed by atoms with Gasteiger partial charge in [-0.3, -0.25) is 4.79 Å². The fraction of sp³-hybridized carbons (Fsp3) is 0.286. The van der Waals surface area contributed by atoms with Gasteiger partial charge in [0.15, 0.2) is 15.0 Å². The van der Waals surface area contributed by atoms with Crippen LogP contribution in [0.3, 0.4) is 0 Å². The summed E-state index contributed by atoms with van der Waals surface area (Å²) in [6.45, 7) is 0. The lowest BCUT2D eigenvalue weighted by atomic mass is 10.1. The van der Waals surface area contributed by atoms with E-state index < -0.39 is 15.8 Å². The van der Waals surface area contributed by atoms with Crippen molar-refractivity contribution < 1.29 is 13.2 Å². The third kappa shape index (κ3) is 3.30. The molecule has 1 aromatic carbocycles. The van der Waals surface area contributed by atoms with Crippen LogP contribution in [0, 0.1) is 5.92 Å². The number of sulfone groups is 1. The minimum Gasteiger partial charge on any atom is -0.302 e. The van der Waals surface area contributed by atoms with Gasteiger partial charge in [0.2, 0.25) is 5.91 Å². The predicted molar refractivity (Wildman–Crippen MR) is 82.9 cm³/mol. The zero-order valence-corrected chi connectivity index (χ0v) is 12.8. The largest absolute Gasteiger partial charge is 0.302 e. The van der Waals surface area contributed by atoms with Gasteiger partial charge in [0.05, 0.1) is 23.1 Å². The van der Waals surface area contributed by atoms with Crippen LogP contribution in [-0.2, 0) is 14.6 Å². The maximum Gasteiger partial charge on any atom is 0.230 e. The number of nitrogens with zero attached hydrogens (tertiary/aromatic N) is 1. The van der Waals surface area contributed by atoms with Crippen molar-refractivity contribution in [2.24, 2.45) is 5.92 Å². The zero-order valence-electron chi connectivity index (χ0n) is 11.2. The molecular weight excluding hydrogens is 308 g/mol. The molecule has 0 bridgehead atoms. The van der Waals surface area contributed by atoms with Crippen LogP contribution in [0.5, 0.6) is 0 Å². The van der Waals surface area contributed by atoms with Gasteiger partial charge in [-0.2, -0.15) is 0 Å². The van der Waals surface area contributed by atoms with E-state index in [1.165, 1.54) is 11.3 Å². The van der Waals surface area contributed by atoms with Crippen molar-refractivity contribution in [3.05, 3.63) is 35.7 Å². The topological polar surface area (TPSA) is 76.1 Å². The lowest BCUT2D eigenvalue weighted by Crippen LogP contribution is -2.23. The van der Waals surface area contributed by atoms with Crippen molar-refractivity contribution in [1.29, 1.82) is 0 Å². The van der Waals surface area contributed by atoms with Crippen molar-refractivity contribution in [1.82, 2.24) is 4.98 Å². The monoisotopic (exact) mass is 322 g/mol. The summed E-state index contributed by atoms with van der Waals surface area (Å²) < 4.78 is 22.8. The highest BCUT2D eigenvalue weighted by atomic mass is 32.2. The molecule has 0 unspecified atom stereocenters. The second-order valence-electron chi connectivity index (χ2n) is 4.99. The third-order valence-electron chi connectivity index (χ3n) is 3.41. The Labute approximate surface area is 127 Å². The molecule has 7 heteroatoms. The average Bonchev–Trinajstić information content (AvgIpc) is 3.06. The van der Waals surface area contributed by atoms with Gasteiger partial charge in [0, 0.05) is 10.9 Å². The van der Waals surface area contributed by atoms with Gasteiger partial charge in [0.1, 0.15) is 0 Å². The quantitative estimate of drug-likeness (QED) is 0.940. The number of benzene rings is 1. The second-order valence-corrected chi connectivity index (χ2v) is 8.08. The Morgan fingerprint density at radius 1 is 1.29 bits per heavy atom. The Morgan fingerprint density at radius 3 is 2.71 bits per heavy atom. The first-order valence-corrected chi connectivity index (χ1v) is 9.26. The van der Waals surface area contributed by atoms with Gasteiger partial charge < -0.3 is 5.32 Å². The van der Waals surface area contributed by atoms with Gasteiger partial charge in [0.25, 0.3) is 0 Å². The van der Waals surface area contributed by atoms with E-state index in [0.29, 0.717) is 11.6 Å². The molecule has 0 radical (unpaired) electrons. The van der Waals surface area contributed by atoms with E-state index in [1.807, 2.05) is 35.7 Å². The SMILES string of the molecule is O=C(Nc1nc(-c2ccccc2)cs1)[C@H]1CCS(=O)(=O)C1. The van der Waals surface area contributed by atoms with E-state index in [2.05, 4.69) is 10.3 Å². The van der Waals surface area contributed by atoms with Crippen LogP contribution in [-0.4, -0.2) is 30.8 Å². The zero-order chi connectivity index (χ0) is 14.9. The van der Waals surface area contributed by atoms with Crippen LogP contribution >= 0.6 is 11.3 Å². The second kappa shape index (κ2) is 5.57. The molecule has 3 rings (SSSR count). The summed E-state index contributed by atoms with van der Waals surface area (Å²) in [5.74, 6) is -0.683. The van der Waals surface area contributed by atoms with Gasteiger partial charge in [-0.25, -0.2) is 13.4 Å². The van der Waals surface area contributed by atoms with Crippen molar-refractivity contribution in [2.45, 2.75) is 6.42 Å². The average molecular weight is 322 g/mol. The Morgan fingerprint density at radius 2 is 2.05 bits per heavy atom. The smallest absolute Gasteiger partial charge is 0.230 e. The number of nitrogens with one attached hydrogen (secondary N) is 1. The number of carbonyl (C=O) groups is 1. The molecule has 5 nitrogen and oxygen atoms in total. The van der Waals surface area contributed by atoms with Crippen LogP contribution < -0.4 is 5.32 Å². The Bertz CT molecular complexity index is 754. The molecule has 2 aromatic rings. The number of thiazole rings is 1. The van der Waals surface area contributed by atoms with Crippen molar-refractivity contribution >= 4 is 32.2 Å². The lowest BCUT2D eigenvalue weighted by molar-refractivity contribution is -0.119. The van der Waals surface area contributed by atoms with Crippen LogP contribution in [0.4, 0.5) is 5.13 Å². The van der Waals surface area contributed by atoms with Gasteiger partial charge >= 0.3 is 0 Å². The summed E-state index contributed by atoms with van der Waals surface area (Å²) in [5, 5.41) is 5.09. The predicted octanol–water partition coefficient (Wildman–Crippen LogP) is 2.18. The maximum atomic E-state index is 12.0. The fourth-order valence-corrected chi connectivity index (χ4v) is 4.75. The molecule has 1 fully saturated rings. The molecule has 0 spiro atoms. The highest BCUT2D eigenvalue weighted by molar-refractivity contribution is 7.91. The first kappa shape index (κ1) is 14.2. The van der Waals surface area contributed by atoms with E-state index in [0.717, 1.165) is 11.3 Å². The van der Waals surface area contributed by atoms with Crippen LogP contribution in [0.1, 0.15) is 6.42 Å². The summed E-state index contributed by atoms with van der Waals surface area (Å²) >= 11 is 1.34. The normalized spacial score (nSPS) is 20.3. The summed E-state index contributed by atoms with van der Waals surface area (Å²) in [4.78, 5) is 16.4. The molecule has 110 valence electrons. The molecule has 1 aliphatic rings. The maximum absolute atomic E-state index is 12.0. The molecule has 1 N–H and O–H groups in total. The summed E-state index contributed by atoms with van der Waals surface area (Å²) in [7, 11) is -3.05. The molecule has 0 aliphatic carbocycles. The van der Waals surface area contributed by atoms with Crippen LogP contribution in [0.25, 0.3) is 11.3 Å². The highest BCUT2D eigenvalue weighted by Crippen LogP contribution is 2.26. The minimum absolute atomic E-state index is 0.0598. The summed E-state index contributed by atoms with van der Waals surface area (Å²) in [5.41, 5.74) is 1.78. The molecule has 1 aliphatic heterocycles. The summed E-state index contributed by atoms with van der Waals surface area (Å²) in [6.07, 6.45) is 0.394. The molecule has 1 amide bonds. The first-order chi connectivity index (χ1) is 10.0. The van der Waals surface area contributed by atoms with Gasteiger partial charge in [-0.15, -0.1) is 11.3 Å². The molecule has 0 saturated carbocycles. The van der Waals surface area contributed by atoms with E-state index in [1.54, 1.807) is 0 Å². The van der Waals surface area contributed by atoms with Crippen molar-refractivity contribution in [2.75, 3.05) is 16.8 Å². The molecule has 2 heterocycles. The number of hydrogen-bond acceptors (Lipinski definition) is 5. The molecule has 1 atom stereocenters. The van der Waals surface area contributed by atoms with E-state index in [4.69, 9.17) is 0 Å². The van der Waals surface area contributed by atoms with Gasteiger partial charge in [-0.05, 0) is 6.42 Å².